The molecule has 7 nitrogen and oxygen atoms in total. The zero-order valence-electron chi connectivity index (χ0n) is 18.8. The van der Waals surface area contributed by atoms with Gasteiger partial charge >= 0.3 is 0 Å². The Balaban J connectivity index is 1.59. The van der Waals surface area contributed by atoms with Crippen molar-refractivity contribution in [2.45, 2.75) is 40.0 Å². The molecule has 7 heteroatoms. The third-order valence-corrected chi connectivity index (χ3v) is 5.61. The van der Waals surface area contributed by atoms with Crippen molar-refractivity contribution in [2.75, 3.05) is 5.32 Å². The molecule has 0 unspecified atom stereocenters. The molecule has 164 valence electrons. The van der Waals surface area contributed by atoms with E-state index in [9.17, 15) is 9.59 Å². The third kappa shape index (κ3) is 4.19. The van der Waals surface area contributed by atoms with Crippen molar-refractivity contribution in [3.8, 4) is 5.69 Å². The molecule has 0 bridgehead atoms. The van der Waals surface area contributed by atoms with Crippen LogP contribution in [0.15, 0.2) is 53.3 Å². The Kier molecular flexibility index (Phi) is 5.90. The van der Waals surface area contributed by atoms with Gasteiger partial charge in [-0.15, -0.1) is 0 Å². The van der Waals surface area contributed by atoms with Gasteiger partial charge in [0.25, 0.3) is 5.56 Å². The van der Waals surface area contributed by atoms with E-state index in [0.29, 0.717) is 16.9 Å². The van der Waals surface area contributed by atoms with E-state index in [2.05, 4.69) is 22.3 Å². The Bertz CT molecular complexity index is 1350. The maximum atomic E-state index is 13.0. The molecule has 1 N–H and O–H groups in total. The highest BCUT2D eigenvalue weighted by molar-refractivity contribution is 5.90. The van der Waals surface area contributed by atoms with Gasteiger partial charge in [0, 0.05) is 25.6 Å². The third-order valence-electron chi connectivity index (χ3n) is 5.61. The summed E-state index contributed by atoms with van der Waals surface area (Å²) in [5, 5.41) is 7.52. The SMILES string of the molecule is CCc1cccc(NC(=O)CCc2nc3c(C)nn(-c4ccc(C)cc4)c3n(C)c2=O)c1. The molecule has 2 aromatic carbocycles. The maximum Gasteiger partial charge on any atom is 0.273 e. The molecule has 0 aliphatic rings. The number of nitrogens with zero attached hydrogens (tertiary/aromatic N) is 4. The Morgan fingerprint density at radius 3 is 2.56 bits per heavy atom. The number of rotatable bonds is 6. The Labute approximate surface area is 186 Å². The highest BCUT2D eigenvalue weighted by Crippen LogP contribution is 2.20. The van der Waals surface area contributed by atoms with Crippen LogP contribution >= 0.6 is 0 Å². The second-order valence-corrected chi connectivity index (χ2v) is 8.03. The summed E-state index contributed by atoms with van der Waals surface area (Å²) in [5.41, 5.74) is 6.13. The topological polar surface area (TPSA) is 81.8 Å². The summed E-state index contributed by atoms with van der Waals surface area (Å²) in [6.45, 7) is 5.97. The van der Waals surface area contributed by atoms with Crippen LogP contribution in [0, 0.1) is 13.8 Å². The van der Waals surface area contributed by atoms with Gasteiger partial charge in [0.15, 0.2) is 5.65 Å². The first-order valence-corrected chi connectivity index (χ1v) is 10.8. The fraction of sp³-hybridized carbons (Fsp3) is 0.280. The van der Waals surface area contributed by atoms with Crippen molar-refractivity contribution in [3.63, 3.8) is 0 Å². The molecule has 32 heavy (non-hydrogen) atoms. The van der Waals surface area contributed by atoms with Crippen LogP contribution in [0.25, 0.3) is 16.9 Å². The summed E-state index contributed by atoms with van der Waals surface area (Å²) in [7, 11) is 1.72. The molecule has 0 aliphatic heterocycles. The summed E-state index contributed by atoms with van der Waals surface area (Å²) < 4.78 is 3.32. The maximum absolute atomic E-state index is 13.0. The first kappa shape index (κ1) is 21.5. The first-order valence-electron chi connectivity index (χ1n) is 10.8. The number of benzene rings is 2. The van der Waals surface area contributed by atoms with Crippen LogP contribution in [0.5, 0.6) is 0 Å². The molecule has 1 amide bonds. The van der Waals surface area contributed by atoms with E-state index in [1.54, 1.807) is 16.3 Å². The number of anilines is 1. The molecular formula is C25H27N5O2. The van der Waals surface area contributed by atoms with Crippen molar-refractivity contribution < 1.29 is 4.79 Å². The second kappa shape index (κ2) is 8.78. The Morgan fingerprint density at radius 1 is 1.09 bits per heavy atom. The van der Waals surface area contributed by atoms with Crippen molar-refractivity contribution >= 4 is 22.8 Å². The highest BCUT2D eigenvalue weighted by Gasteiger charge is 2.18. The molecule has 0 spiro atoms. The highest BCUT2D eigenvalue weighted by atomic mass is 16.1. The predicted octanol–water partition coefficient (Wildman–Crippen LogP) is 3.87. The van der Waals surface area contributed by atoms with E-state index in [0.717, 1.165) is 34.6 Å². The Hall–Kier alpha value is -3.74. The number of amides is 1. The second-order valence-electron chi connectivity index (χ2n) is 8.03. The molecule has 0 saturated heterocycles. The largest absolute Gasteiger partial charge is 0.326 e. The minimum atomic E-state index is -0.216. The van der Waals surface area contributed by atoms with E-state index in [1.165, 1.54) is 0 Å². The average Bonchev–Trinajstić information content (AvgIpc) is 3.12. The van der Waals surface area contributed by atoms with Crippen LogP contribution in [0.3, 0.4) is 0 Å². The normalized spacial score (nSPS) is 11.1. The standard InChI is InChI=1S/C25H27N5O2/c1-5-18-7-6-8-19(15-18)26-22(31)14-13-21-25(32)29(4)24-23(27-21)17(3)28-30(24)20-11-9-16(2)10-12-20/h6-12,15H,5,13-14H2,1-4H3,(H,26,31). The first-order chi connectivity index (χ1) is 15.4. The zero-order valence-corrected chi connectivity index (χ0v) is 18.8. The number of aryl methyl sites for hydroxylation is 5. The summed E-state index contributed by atoms with van der Waals surface area (Å²) in [5.74, 6) is -0.144. The van der Waals surface area contributed by atoms with Gasteiger partial charge in [0.05, 0.1) is 11.4 Å². The fourth-order valence-electron chi connectivity index (χ4n) is 3.76. The lowest BCUT2D eigenvalue weighted by molar-refractivity contribution is -0.116. The smallest absolute Gasteiger partial charge is 0.273 e. The molecule has 4 aromatic rings. The zero-order chi connectivity index (χ0) is 22.8. The molecule has 2 aromatic heterocycles. The van der Waals surface area contributed by atoms with Gasteiger partial charge < -0.3 is 5.32 Å². The number of carbonyl (C=O) groups is 1. The summed E-state index contributed by atoms with van der Waals surface area (Å²) >= 11 is 0. The van der Waals surface area contributed by atoms with Gasteiger partial charge in [0.1, 0.15) is 11.2 Å². The minimum absolute atomic E-state index is 0.144. The molecule has 0 radical (unpaired) electrons. The number of hydrogen-bond acceptors (Lipinski definition) is 4. The van der Waals surface area contributed by atoms with Crippen LogP contribution in [0.4, 0.5) is 5.69 Å². The predicted molar refractivity (Wildman–Crippen MR) is 126 cm³/mol. The molecular weight excluding hydrogens is 402 g/mol. The molecule has 0 atom stereocenters. The average molecular weight is 430 g/mol. The van der Waals surface area contributed by atoms with Crippen molar-refractivity contribution in [3.05, 3.63) is 81.4 Å². The summed E-state index contributed by atoms with van der Waals surface area (Å²) in [4.78, 5) is 30.1. The van der Waals surface area contributed by atoms with Gasteiger partial charge in [-0.25, -0.2) is 9.67 Å². The van der Waals surface area contributed by atoms with E-state index < -0.39 is 0 Å². The van der Waals surface area contributed by atoms with Gasteiger partial charge in [-0.3, -0.25) is 14.2 Å². The van der Waals surface area contributed by atoms with E-state index in [-0.39, 0.29) is 24.3 Å². The van der Waals surface area contributed by atoms with Crippen LogP contribution < -0.4 is 10.9 Å². The summed E-state index contributed by atoms with van der Waals surface area (Å²) in [6, 6.07) is 15.7. The minimum Gasteiger partial charge on any atom is -0.326 e. The molecule has 0 aliphatic carbocycles. The number of carbonyl (C=O) groups excluding carboxylic acids is 1. The number of nitrogens with one attached hydrogen (secondary N) is 1. The van der Waals surface area contributed by atoms with Gasteiger partial charge in [0.2, 0.25) is 5.91 Å². The lowest BCUT2D eigenvalue weighted by atomic mass is 10.1. The molecule has 0 saturated carbocycles. The van der Waals surface area contributed by atoms with Crippen LogP contribution in [0.1, 0.15) is 35.9 Å². The molecule has 4 rings (SSSR count). The Morgan fingerprint density at radius 2 is 1.84 bits per heavy atom. The van der Waals surface area contributed by atoms with Crippen LogP contribution in [0.2, 0.25) is 0 Å². The summed E-state index contributed by atoms with van der Waals surface area (Å²) in [6.07, 6.45) is 1.34. The van der Waals surface area contributed by atoms with Crippen molar-refractivity contribution in [1.29, 1.82) is 0 Å². The van der Waals surface area contributed by atoms with Crippen molar-refractivity contribution in [1.82, 2.24) is 19.3 Å². The van der Waals surface area contributed by atoms with Gasteiger partial charge in [-0.05, 0) is 50.1 Å². The van der Waals surface area contributed by atoms with Crippen molar-refractivity contribution in [2.24, 2.45) is 7.05 Å². The molecule has 2 heterocycles. The van der Waals surface area contributed by atoms with E-state index in [4.69, 9.17) is 0 Å². The van der Waals surface area contributed by atoms with E-state index >= 15 is 0 Å². The van der Waals surface area contributed by atoms with E-state index in [1.807, 2.05) is 62.4 Å². The molecule has 0 fully saturated rings. The lowest BCUT2D eigenvalue weighted by Gasteiger charge is -2.09. The number of aromatic nitrogens is 4. The fourth-order valence-corrected chi connectivity index (χ4v) is 3.76. The lowest BCUT2D eigenvalue weighted by Crippen LogP contribution is -2.25. The van der Waals surface area contributed by atoms with Crippen LogP contribution in [-0.2, 0) is 24.7 Å². The van der Waals surface area contributed by atoms with Gasteiger partial charge in [-0.2, -0.15) is 5.10 Å². The monoisotopic (exact) mass is 429 g/mol. The van der Waals surface area contributed by atoms with Gasteiger partial charge in [-0.1, -0.05) is 36.8 Å². The number of fused-ring (bicyclic) bond motifs is 1. The van der Waals surface area contributed by atoms with Crippen LogP contribution in [-0.4, -0.2) is 25.2 Å². The quantitative estimate of drug-likeness (QED) is 0.504. The number of hydrogen-bond donors (Lipinski definition) is 1.